The maximum Gasteiger partial charge on any atom is 0.109 e. The highest BCUT2D eigenvalue weighted by Crippen LogP contribution is 2.26. The molecule has 0 saturated carbocycles. The molecule has 0 radical (unpaired) electrons. The molecule has 1 atom stereocenters. The number of H-pyrrole nitrogens is 1. The van der Waals surface area contributed by atoms with E-state index in [2.05, 4.69) is 34.7 Å². The first-order valence-corrected chi connectivity index (χ1v) is 7.12. The van der Waals surface area contributed by atoms with Crippen molar-refractivity contribution < 1.29 is 4.74 Å². The summed E-state index contributed by atoms with van der Waals surface area (Å²) in [5.41, 5.74) is 2.21. The van der Waals surface area contributed by atoms with Gasteiger partial charge in [0.1, 0.15) is 11.5 Å². The minimum atomic E-state index is 0.237. The van der Waals surface area contributed by atoms with Gasteiger partial charge in [0.2, 0.25) is 0 Å². The average molecular weight is 263 g/mol. The fraction of sp³-hybridized carbons (Fsp3) is 0.462. The summed E-state index contributed by atoms with van der Waals surface area (Å²) >= 11 is 1.72. The van der Waals surface area contributed by atoms with Crippen molar-refractivity contribution in [1.29, 1.82) is 0 Å². The number of ether oxygens (including phenoxy) is 1. The first kappa shape index (κ1) is 11.9. The van der Waals surface area contributed by atoms with E-state index in [1.807, 2.05) is 0 Å². The van der Waals surface area contributed by atoms with Crippen molar-refractivity contribution in [3.05, 3.63) is 29.0 Å². The number of aryl methyl sites for hydroxylation is 1. The van der Waals surface area contributed by atoms with E-state index in [1.54, 1.807) is 11.3 Å². The number of hydrogen-bond acceptors (Lipinski definition) is 4. The lowest BCUT2D eigenvalue weighted by molar-refractivity contribution is 0.0281. The zero-order valence-corrected chi connectivity index (χ0v) is 11.2. The Kier molecular flexibility index (Phi) is 3.45. The van der Waals surface area contributed by atoms with E-state index in [4.69, 9.17) is 9.72 Å². The number of morpholine rings is 1. The predicted octanol–water partition coefficient (Wildman–Crippen LogP) is 1.98. The Labute approximate surface area is 110 Å². The van der Waals surface area contributed by atoms with Gasteiger partial charge in [-0.15, -0.1) is 11.3 Å². The molecule has 0 aliphatic carbocycles. The molecule has 18 heavy (non-hydrogen) atoms. The van der Waals surface area contributed by atoms with E-state index in [9.17, 15) is 0 Å². The van der Waals surface area contributed by atoms with Crippen molar-refractivity contribution in [2.45, 2.75) is 19.4 Å². The summed E-state index contributed by atoms with van der Waals surface area (Å²) in [4.78, 5) is 9.28. The minimum Gasteiger partial charge on any atom is -0.375 e. The van der Waals surface area contributed by atoms with Gasteiger partial charge in [-0.05, 0) is 18.4 Å². The maximum atomic E-state index is 5.70. The maximum absolute atomic E-state index is 5.70. The Balaban J connectivity index is 1.75. The number of rotatable bonds is 3. The molecule has 1 aliphatic heterocycles. The number of nitrogens with zero attached hydrogens (tertiary/aromatic N) is 1. The molecule has 0 aromatic carbocycles. The Hall–Kier alpha value is -1.17. The van der Waals surface area contributed by atoms with Crippen molar-refractivity contribution in [3.8, 4) is 10.6 Å². The highest BCUT2D eigenvalue weighted by Gasteiger charge is 2.17. The third kappa shape index (κ3) is 2.48. The minimum absolute atomic E-state index is 0.237. The van der Waals surface area contributed by atoms with Crippen LogP contribution in [0.3, 0.4) is 0 Å². The zero-order valence-electron chi connectivity index (χ0n) is 10.4. The number of aromatic amines is 1. The van der Waals surface area contributed by atoms with E-state index < -0.39 is 0 Å². The van der Waals surface area contributed by atoms with Gasteiger partial charge in [-0.1, -0.05) is 6.07 Å². The van der Waals surface area contributed by atoms with E-state index in [-0.39, 0.29) is 6.10 Å². The SMILES string of the molecule is Cc1[nH]c(CC2CNCCO2)nc1-c1cccs1. The average Bonchev–Trinajstić information content (AvgIpc) is 3.00. The second-order valence-electron chi connectivity index (χ2n) is 4.54. The van der Waals surface area contributed by atoms with Crippen LogP contribution in [0.4, 0.5) is 0 Å². The van der Waals surface area contributed by atoms with Gasteiger partial charge in [-0.2, -0.15) is 0 Å². The van der Waals surface area contributed by atoms with E-state index >= 15 is 0 Å². The normalized spacial score (nSPS) is 20.2. The second kappa shape index (κ2) is 5.22. The molecule has 3 heterocycles. The summed E-state index contributed by atoms with van der Waals surface area (Å²) in [7, 11) is 0. The number of imidazole rings is 1. The summed E-state index contributed by atoms with van der Waals surface area (Å²) in [5, 5.41) is 5.42. The molecule has 1 aliphatic rings. The smallest absolute Gasteiger partial charge is 0.109 e. The Morgan fingerprint density at radius 2 is 2.50 bits per heavy atom. The van der Waals surface area contributed by atoms with Crippen molar-refractivity contribution in [3.63, 3.8) is 0 Å². The largest absolute Gasteiger partial charge is 0.375 e. The van der Waals surface area contributed by atoms with Crippen molar-refractivity contribution in [2.75, 3.05) is 19.7 Å². The van der Waals surface area contributed by atoms with E-state index in [0.717, 1.165) is 43.3 Å². The van der Waals surface area contributed by atoms with Gasteiger partial charge in [0.25, 0.3) is 0 Å². The lowest BCUT2D eigenvalue weighted by Gasteiger charge is -2.22. The monoisotopic (exact) mass is 263 g/mol. The fourth-order valence-electron chi connectivity index (χ4n) is 2.24. The Morgan fingerprint density at radius 1 is 1.56 bits per heavy atom. The Bertz CT molecular complexity index is 500. The molecule has 1 unspecified atom stereocenters. The second-order valence-corrected chi connectivity index (χ2v) is 5.48. The molecule has 5 heteroatoms. The zero-order chi connectivity index (χ0) is 12.4. The molecular formula is C13H17N3OS. The van der Waals surface area contributed by atoms with Crippen LogP contribution in [0.1, 0.15) is 11.5 Å². The third-order valence-electron chi connectivity index (χ3n) is 3.11. The molecule has 96 valence electrons. The predicted molar refractivity (Wildman–Crippen MR) is 73.0 cm³/mol. The van der Waals surface area contributed by atoms with Crippen LogP contribution < -0.4 is 5.32 Å². The van der Waals surface area contributed by atoms with Crippen LogP contribution in [0, 0.1) is 6.92 Å². The summed E-state index contributed by atoms with van der Waals surface area (Å²) in [6.07, 6.45) is 1.08. The van der Waals surface area contributed by atoms with Crippen LogP contribution in [-0.2, 0) is 11.2 Å². The summed E-state index contributed by atoms with van der Waals surface area (Å²) in [5.74, 6) is 1.02. The molecular weight excluding hydrogens is 246 g/mol. The van der Waals surface area contributed by atoms with Gasteiger partial charge >= 0.3 is 0 Å². The molecule has 1 saturated heterocycles. The molecule has 0 spiro atoms. The number of thiophene rings is 1. The molecule has 2 N–H and O–H groups in total. The van der Waals surface area contributed by atoms with Crippen LogP contribution in [0.25, 0.3) is 10.6 Å². The summed E-state index contributed by atoms with van der Waals surface area (Å²) in [6, 6.07) is 4.16. The van der Waals surface area contributed by atoms with Gasteiger partial charge < -0.3 is 15.0 Å². The quantitative estimate of drug-likeness (QED) is 0.890. The van der Waals surface area contributed by atoms with Gasteiger partial charge in [0.15, 0.2) is 0 Å². The number of hydrogen-bond donors (Lipinski definition) is 2. The van der Waals surface area contributed by atoms with Crippen LogP contribution in [0.5, 0.6) is 0 Å². The molecule has 4 nitrogen and oxygen atoms in total. The van der Waals surface area contributed by atoms with E-state index in [1.165, 1.54) is 4.88 Å². The van der Waals surface area contributed by atoms with Crippen molar-refractivity contribution in [2.24, 2.45) is 0 Å². The fourth-order valence-corrected chi connectivity index (χ4v) is 3.01. The number of nitrogens with one attached hydrogen (secondary N) is 2. The van der Waals surface area contributed by atoms with Gasteiger partial charge in [0, 0.05) is 25.2 Å². The third-order valence-corrected chi connectivity index (χ3v) is 3.99. The van der Waals surface area contributed by atoms with Gasteiger partial charge in [0.05, 0.1) is 17.6 Å². The molecule has 3 rings (SSSR count). The standard InChI is InChI=1S/C13H17N3OS/c1-9-13(11-3-2-6-18-11)16-12(15-9)7-10-8-14-4-5-17-10/h2-3,6,10,14H,4-5,7-8H2,1H3,(H,15,16). The topological polar surface area (TPSA) is 49.9 Å². The molecule has 2 aromatic rings. The molecule has 0 bridgehead atoms. The van der Waals surface area contributed by atoms with Crippen molar-refractivity contribution >= 4 is 11.3 Å². The first-order valence-electron chi connectivity index (χ1n) is 6.24. The summed E-state index contributed by atoms with van der Waals surface area (Å²) < 4.78 is 5.70. The lowest BCUT2D eigenvalue weighted by atomic mass is 10.2. The van der Waals surface area contributed by atoms with Crippen molar-refractivity contribution in [1.82, 2.24) is 15.3 Å². The van der Waals surface area contributed by atoms with Crippen LogP contribution in [-0.4, -0.2) is 35.8 Å². The van der Waals surface area contributed by atoms with E-state index in [0.29, 0.717) is 0 Å². The first-order chi connectivity index (χ1) is 8.83. The lowest BCUT2D eigenvalue weighted by Crippen LogP contribution is -2.39. The Morgan fingerprint density at radius 3 is 3.22 bits per heavy atom. The van der Waals surface area contributed by atoms with Crippen LogP contribution in [0.2, 0.25) is 0 Å². The highest BCUT2D eigenvalue weighted by atomic mass is 32.1. The van der Waals surface area contributed by atoms with Gasteiger partial charge in [-0.25, -0.2) is 4.98 Å². The molecule has 0 amide bonds. The molecule has 1 fully saturated rings. The number of aromatic nitrogens is 2. The van der Waals surface area contributed by atoms with Gasteiger partial charge in [-0.3, -0.25) is 0 Å². The highest BCUT2D eigenvalue weighted by molar-refractivity contribution is 7.13. The summed E-state index contributed by atoms with van der Waals surface area (Å²) in [6.45, 7) is 4.73. The van der Waals surface area contributed by atoms with Crippen LogP contribution >= 0.6 is 11.3 Å². The van der Waals surface area contributed by atoms with Crippen LogP contribution in [0.15, 0.2) is 17.5 Å². The molecule has 2 aromatic heterocycles.